The summed E-state index contributed by atoms with van der Waals surface area (Å²) in [7, 11) is 2.21. The molecular weight excluding hydrogens is 598 g/mol. The number of phenolic OH excluding ortho intramolecular Hbond substituents is 1. The largest absolute Gasteiger partial charge is 0.508 e. The van der Waals surface area contributed by atoms with Gasteiger partial charge in [0, 0.05) is 85.1 Å². The van der Waals surface area contributed by atoms with E-state index in [2.05, 4.69) is 33.0 Å². The third kappa shape index (κ3) is 4.90. The molecular formula is C37H38F2N6O2. The Balaban J connectivity index is 1.11. The maximum Gasteiger partial charge on any atom is 0.319 e. The van der Waals surface area contributed by atoms with Crippen molar-refractivity contribution in [3.8, 4) is 35.2 Å². The van der Waals surface area contributed by atoms with E-state index in [9.17, 15) is 9.50 Å². The van der Waals surface area contributed by atoms with Crippen molar-refractivity contribution >= 4 is 27.5 Å². The first kappa shape index (κ1) is 29.1. The van der Waals surface area contributed by atoms with Crippen LogP contribution >= 0.6 is 0 Å². The summed E-state index contributed by atoms with van der Waals surface area (Å²) in [6.07, 6.45) is 10.1. The highest BCUT2D eigenvalue weighted by atomic mass is 19.1. The van der Waals surface area contributed by atoms with Crippen LogP contribution in [0.5, 0.6) is 11.8 Å². The summed E-state index contributed by atoms with van der Waals surface area (Å²) in [4.78, 5) is 16.9. The summed E-state index contributed by atoms with van der Waals surface area (Å²) in [5.41, 5.74) is 0.687. The van der Waals surface area contributed by atoms with E-state index in [-0.39, 0.29) is 33.8 Å². The SMILES string of the molecule is C#Cc1c(F)ccc2cc(O)cc(-c3ccc4c(N5CC6CCC(C5)N6)nc(OCC5(CN6CC7CN(C)C7C6)CC5)nc4c3F)c12. The standard InChI is InChI=1S/C37H38F2N6O2/c1-3-26-30(38)9-4-21-12-25(46)13-29(32(21)26)27-7-8-28-34(33(27)39)41-36(42-35(28)45-16-23-5-6-24(17-45)40-23)47-20-37(10-11-37)19-44-15-22-14-43(2)31(22)18-44/h1,4,7-9,12-13,22-24,31,40,46H,5-6,10-11,14-20H2,2H3. The van der Waals surface area contributed by atoms with Gasteiger partial charge in [-0.3, -0.25) is 0 Å². The number of hydrogen-bond acceptors (Lipinski definition) is 8. The zero-order chi connectivity index (χ0) is 32.0. The lowest BCUT2D eigenvalue weighted by Crippen LogP contribution is -2.52. The van der Waals surface area contributed by atoms with E-state index < -0.39 is 11.6 Å². The monoisotopic (exact) mass is 636 g/mol. The summed E-state index contributed by atoms with van der Waals surface area (Å²) in [6.45, 7) is 6.43. The average Bonchev–Trinajstić information content (AvgIpc) is 3.64. The number of anilines is 1. The Morgan fingerprint density at radius 3 is 2.55 bits per heavy atom. The number of benzene rings is 3. The van der Waals surface area contributed by atoms with Crippen LogP contribution in [-0.4, -0.2) is 95.9 Å². The van der Waals surface area contributed by atoms with E-state index in [1.54, 1.807) is 6.07 Å². The smallest absolute Gasteiger partial charge is 0.319 e. The minimum atomic E-state index is -0.592. The Bertz CT molecular complexity index is 1960. The summed E-state index contributed by atoms with van der Waals surface area (Å²) in [5.74, 6) is 2.62. The molecule has 5 heterocycles. The number of likely N-dealkylation sites (tertiary alicyclic amines) is 2. The van der Waals surface area contributed by atoms with Crippen LogP contribution in [0.4, 0.5) is 14.6 Å². The fourth-order valence-corrected chi connectivity index (χ4v) is 8.72. The Hall–Kier alpha value is -4.04. The van der Waals surface area contributed by atoms with E-state index >= 15 is 4.39 Å². The number of piperazine rings is 1. The number of aromatic nitrogens is 2. The number of rotatable bonds is 7. The van der Waals surface area contributed by atoms with Crippen LogP contribution in [0.3, 0.4) is 0 Å². The van der Waals surface area contributed by atoms with Crippen molar-refractivity contribution in [2.45, 2.75) is 43.8 Å². The number of phenols is 1. The number of terminal acetylenes is 1. The normalized spacial score (nSPS) is 26.4. The molecule has 1 aliphatic carbocycles. The molecule has 0 amide bonds. The molecule has 1 saturated carbocycles. The van der Waals surface area contributed by atoms with Gasteiger partial charge in [-0.15, -0.1) is 6.42 Å². The van der Waals surface area contributed by atoms with Crippen LogP contribution in [-0.2, 0) is 0 Å². The molecule has 3 aromatic carbocycles. The van der Waals surface area contributed by atoms with E-state index in [1.165, 1.54) is 30.8 Å². The van der Waals surface area contributed by atoms with Gasteiger partial charge in [0.25, 0.3) is 0 Å². The number of likely N-dealkylation sites (N-methyl/N-ethyl adjacent to an activating group) is 1. The van der Waals surface area contributed by atoms with Crippen molar-refractivity contribution in [1.29, 1.82) is 0 Å². The molecule has 0 spiro atoms. The molecule has 5 fully saturated rings. The second kappa shape index (κ2) is 10.7. The number of aromatic hydroxyl groups is 1. The second-order valence-corrected chi connectivity index (χ2v) is 14.6. The highest BCUT2D eigenvalue weighted by Gasteiger charge is 2.50. The van der Waals surface area contributed by atoms with Gasteiger partial charge < -0.3 is 29.9 Å². The molecule has 0 radical (unpaired) electrons. The van der Waals surface area contributed by atoms with Crippen molar-refractivity contribution < 1.29 is 18.6 Å². The topological polar surface area (TPSA) is 77.0 Å². The first-order chi connectivity index (χ1) is 22.8. The van der Waals surface area contributed by atoms with E-state index in [4.69, 9.17) is 21.1 Å². The highest BCUT2D eigenvalue weighted by molar-refractivity contribution is 6.04. The van der Waals surface area contributed by atoms with Gasteiger partial charge >= 0.3 is 6.01 Å². The number of ether oxygens (including phenoxy) is 1. The summed E-state index contributed by atoms with van der Waals surface area (Å²) >= 11 is 0. The van der Waals surface area contributed by atoms with Crippen LogP contribution in [0, 0.1) is 35.3 Å². The van der Waals surface area contributed by atoms with Gasteiger partial charge in [-0.2, -0.15) is 9.97 Å². The molecule has 4 aliphatic heterocycles. The summed E-state index contributed by atoms with van der Waals surface area (Å²) < 4.78 is 38.2. The van der Waals surface area contributed by atoms with E-state index in [0.29, 0.717) is 52.3 Å². The average molecular weight is 637 g/mol. The van der Waals surface area contributed by atoms with Gasteiger partial charge in [0.15, 0.2) is 5.82 Å². The van der Waals surface area contributed by atoms with Gasteiger partial charge in [-0.1, -0.05) is 18.1 Å². The van der Waals surface area contributed by atoms with Crippen LogP contribution < -0.4 is 15.0 Å². The van der Waals surface area contributed by atoms with Crippen LogP contribution in [0.15, 0.2) is 36.4 Å². The minimum Gasteiger partial charge on any atom is -0.508 e. The quantitative estimate of drug-likeness (QED) is 0.282. The molecule has 8 nitrogen and oxygen atoms in total. The van der Waals surface area contributed by atoms with Gasteiger partial charge in [0.1, 0.15) is 22.9 Å². The molecule has 242 valence electrons. The molecule has 2 bridgehead atoms. The van der Waals surface area contributed by atoms with Crippen molar-refractivity contribution in [3.05, 3.63) is 53.6 Å². The predicted molar refractivity (Wildman–Crippen MR) is 178 cm³/mol. The van der Waals surface area contributed by atoms with Crippen LogP contribution in [0.1, 0.15) is 31.2 Å². The third-order valence-corrected chi connectivity index (χ3v) is 11.4. The molecule has 1 aromatic heterocycles. The molecule has 2 N–H and O–H groups in total. The molecule has 47 heavy (non-hydrogen) atoms. The van der Waals surface area contributed by atoms with Crippen molar-refractivity contribution in [1.82, 2.24) is 25.1 Å². The van der Waals surface area contributed by atoms with Crippen molar-refractivity contribution in [2.75, 3.05) is 57.8 Å². The van der Waals surface area contributed by atoms with Gasteiger partial charge in [-0.25, -0.2) is 8.78 Å². The summed E-state index contributed by atoms with van der Waals surface area (Å²) in [5, 5.41) is 15.7. The molecule has 4 unspecified atom stereocenters. The molecule has 5 aliphatic rings. The Kier molecular flexibility index (Phi) is 6.66. The predicted octanol–water partition coefficient (Wildman–Crippen LogP) is 4.76. The van der Waals surface area contributed by atoms with Gasteiger partial charge in [-0.05, 0) is 67.9 Å². The molecule has 9 rings (SSSR count). The molecule has 4 atom stereocenters. The maximum atomic E-state index is 16.9. The van der Waals surface area contributed by atoms with Gasteiger partial charge in [0.2, 0.25) is 0 Å². The zero-order valence-corrected chi connectivity index (χ0v) is 26.5. The minimum absolute atomic E-state index is 0.0214. The molecule has 10 heteroatoms. The van der Waals surface area contributed by atoms with E-state index in [0.717, 1.165) is 64.3 Å². The van der Waals surface area contributed by atoms with Crippen LogP contribution in [0.25, 0.3) is 32.8 Å². The lowest BCUT2D eigenvalue weighted by molar-refractivity contribution is 0.0824. The van der Waals surface area contributed by atoms with Crippen molar-refractivity contribution in [3.63, 3.8) is 0 Å². The second-order valence-electron chi connectivity index (χ2n) is 14.6. The van der Waals surface area contributed by atoms with Crippen LogP contribution in [0.2, 0.25) is 0 Å². The third-order valence-electron chi connectivity index (χ3n) is 11.4. The highest BCUT2D eigenvalue weighted by Crippen LogP contribution is 2.48. The van der Waals surface area contributed by atoms with E-state index in [1.807, 2.05) is 6.07 Å². The lowest BCUT2D eigenvalue weighted by Gasteiger charge is -2.40. The number of hydrogen-bond donors (Lipinski definition) is 2. The maximum absolute atomic E-state index is 16.9. The number of nitrogens with one attached hydrogen (secondary N) is 1. The first-order valence-corrected chi connectivity index (χ1v) is 16.8. The Labute approximate surface area is 272 Å². The number of halogens is 2. The summed E-state index contributed by atoms with van der Waals surface area (Å²) in [6, 6.07) is 10.8. The Morgan fingerprint density at radius 2 is 1.83 bits per heavy atom. The number of fused-ring (bicyclic) bond motifs is 5. The van der Waals surface area contributed by atoms with Crippen molar-refractivity contribution in [2.24, 2.45) is 11.3 Å². The molecule has 4 aromatic rings. The molecule has 4 saturated heterocycles. The number of nitrogens with zero attached hydrogens (tertiary/aromatic N) is 5. The Morgan fingerprint density at radius 1 is 1.02 bits per heavy atom. The first-order valence-electron chi connectivity index (χ1n) is 16.8. The lowest BCUT2D eigenvalue weighted by atomic mass is 9.93. The fraction of sp³-hybridized carbons (Fsp3) is 0.459. The van der Waals surface area contributed by atoms with Gasteiger partial charge in [0.05, 0.1) is 12.2 Å². The fourth-order valence-electron chi connectivity index (χ4n) is 8.72. The zero-order valence-electron chi connectivity index (χ0n) is 26.5.